The lowest BCUT2D eigenvalue weighted by molar-refractivity contribution is 0.0596. The van der Waals surface area contributed by atoms with Crippen molar-refractivity contribution in [2.75, 3.05) is 26.2 Å². The molecule has 1 N–H and O–H groups in total. The first-order valence-electron chi connectivity index (χ1n) is 6.90. The lowest BCUT2D eigenvalue weighted by atomic mass is 10.2. The van der Waals surface area contributed by atoms with Crippen LogP contribution in [-0.4, -0.2) is 56.1 Å². The van der Waals surface area contributed by atoms with Crippen molar-refractivity contribution in [1.29, 1.82) is 0 Å². The highest BCUT2D eigenvalue weighted by molar-refractivity contribution is 7.90. The molecule has 0 atom stereocenters. The molecule has 0 aliphatic rings. The lowest BCUT2D eigenvalue weighted by Crippen LogP contribution is -2.43. The number of carbonyl (C=O) groups excluding carboxylic acids is 2. The maximum atomic E-state index is 12.5. The van der Waals surface area contributed by atoms with Crippen LogP contribution in [0.25, 0.3) is 0 Å². The van der Waals surface area contributed by atoms with Gasteiger partial charge in [-0.25, -0.2) is 27.5 Å². The van der Waals surface area contributed by atoms with E-state index in [0.717, 1.165) is 17.9 Å². The van der Waals surface area contributed by atoms with Gasteiger partial charge in [-0.2, -0.15) is 4.68 Å². The van der Waals surface area contributed by atoms with Crippen molar-refractivity contribution in [2.45, 2.75) is 4.90 Å². The molecule has 2 aromatic rings. The maximum Gasteiger partial charge on any atom is 0.374 e. The number of hydrogen-bond donors (Lipinski definition) is 1. The summed E-state index contributed by atoms with van der Waals surface area (Å²) in [7, 11) is -0.471. The van der Waals surface area contributed by atoms with Gasteiger partial charge < -0.3 is 9.75 Å². The van der Waals surface area contributed by atoms with E-state index >= 15 is 0 Å². The number of carbonyl (C=O) groups is 2. The molecular formula is C13H14ClN5O6S. The highest BCUT2D eigenvalue weighted by Crippen LogP contribution is 2.16. The summed E-state index contributed by atoms with van der Waals surface area (Å²) in [6.45, 7) is 0. The van der Waals surface area contributed by atoms with Crippen molar-refractivity contribution >= 4 is 33.6 Å². The number of ether oxygens (including phenoxy) is 1. The number of aromatic nitrogens is 3. The number of amides is 1. The number of sulfonamides is 1. The third-order valence-electron chi connectivity index (χ3n) is 3.12. The van der Waals surface area contributed by atoms with E-state index in [4.69, 9.17) is 11.6 Å². The van der Waals surface area contributed by atoms with Gasteiger partial charge in [-0.3, -0.25) is 0 Å². The molecule has 0 spiro atoms. The average Bonchev–Trinajstić information content (AvgIpc) is 2.88. The summed E-state index contributed by atoms with van der Waals surface area (Å²) in [6.07, 6.45) is 0. The number of methoxy groups -OCH3 is 1. The van der Waals surface area contributed by atoms with E-state index in [1.807, 2.05) is 0 Å². The lowest BCUT2D eigenvalue weighted by Gasteiger charge is -2.11. The molecule has 1 aromatic heterocycles. The van der Waals surface area contributed by atoms with Crippen LogP contribution >= 0.6 is 11.6 Å². The van der Waals surface area contributed by atoms with Crippen LogP contribution in [0.2, 0.25) is 5.28 Å². The predicted octanol–water partition coefficient (Wildman–Crippen LogP) is -0.371. The Balaban J connectivity index is 2.43. The molecule has 1 aromatic carbocycles. The van der Waals surface area contributed by atoms with Gasteiger partial charge in [0.25, 0.3) is 10.0 Å². The Morgan fingerprint density at radius 1 is 1.27 bits per heavy atom. The average molecular weight is 404 g/mol. The fourth-order valence-electron chi connectivity index (χ4n) is 2.00. The first kappa shape index (κ1) is 19.5. The Morgan fingerprint density at radius 3 is 2.42 bits per heavy atom. The molecule has 0 saturated heterocycles. The SMILES string of the molecule is COC(=O)c1ccccc1S(=O)(=O)NC(=O)n1nc(Cl)n(N(C)C)c1=O. The number of hydrogen-bond acceptors (Lipinski definition) is 8. The first-order valence-corrected chi connectivity index (χ1v) is 8.76. The van der Waals surface area contributed by atoms with Crippen molar-refractivity contribution < 1.29 is 22.7 Å². The molecule has 1 amide bonds. The topological polar surface area (TPSA) is 133 Å². The van der Waals surface area contributed by atoms with Gasteiger partial charge in [0.1, 0.15) is 4.90 Å². The van der Waals surface area contributed by atoms with Crippen LogP contribution in [0.15, 0.2) is 34.0 Å². The van der Waals surface area contributed by atoms with E-state index in [1.54, 1.807) is 4.72 Å². The smallest absolute Gasteiger partial charge is 0.374 e. The standard InChI is InChI=1S/C13H14ClN5O6S/c1-17(2)19-11(14)15-18(13(19)22)12(21)16-26(23,24)9-7-5-4-6-8(9)10(20)25-3/h4-7H,1-3H3,(H,16,21). The zero-order valence-electron chi connectivity index (χ0n) is 13.8. The van der Waals surface area contributed by atoms with E-state index in [1.165, 1.54) is 37.3 Å². The van der Waals surface area contributed by atoms with Crippen molar-refractivity contribution in [1.82, 2.24) is 19.2 Å². The van der Waals surface area contributed by atoms with Crippen LogP contribution in [0.4, 0.5) is 4.79 Å². The minimum atomic E-state index is -4.50. The number of benzene rings is 1. The van der Waals surface area contributed by atoms with Crippen LogP contribution in [0, 0.1) is 0 Å². The zero-order chi connectivity index (χ0) is 19.6. The Labute approximate surface area is 152 Å². The minimum Gasteiger partial charge on any atom is -0.465 e. The zero-order valence-corrected chi connectivity index (χ0v) is 15.4. The van der Waals surface area contributed by atoms with Gasteiger partial charge >= 0.3 is 17.7 Å². The van der Waals surface area contributed by atoms with E-state index in [0.29, 0.717) is 0 Å². The highest BCUT2D eigenvalue weighted by Gasteiger charge is 2.27. The Hall–Kier alpha value is -2.86. The van der Waals surface area contributed by atoms with E-state index < -0.39 is 32.6 Å². The van der Waals surface area contributed by atoms with Gasteiger partial charge in [0.2, 0.25) is 5.28 Å². The van der Waals surface area contributed by atoms with Crippen molar-refractivity contribution in [2.24, 2.45) is 0 Å². The van der Waals surface area contributed by atoms with E-state index in [-0.39, 0.29) is 15.5 Å². The second-order valence-electron chi connectivity index (χ2n) is 5.02. The van der Waals surface area contributed by atoms with Crippen LogP contribution < -0.4 is 15.4 Å². The van der Waals surface area contributed by atoms with Crippen LogP contribution in [0.5, 0.6) is 0 Å². The fourth-order valence-corrected chi connectivity index (χ4v) is 3.42. The number of halogens is 1. The summed E-state index contributed by atoms with van der Waals surface area (Å²) >= 11 is 5.76. The predicted molar refractivity (Wildman–Crippen MR) is 90.5 cm³/mol. The summed E-state index contributed by atoms with van der Waals surface area (Å²) in [5.74, 6) is -0.907. The van der Waals surface area contributed by atoms with Gasteiger partial charge in [0, 0.05) is 14.1 Å². The number of nitrogens with one attached hydrogen (secondary N) is 1. The quantitative estimate of drug-likeness (QED) is 0.683. The highest BCUT2D eigenvalue weighted by atomic mass is 35.5. The second kappa shape index (κ2) is 7.17. The summed E-state index contributed by atoms with van der Waals surface area (Å²) in [6, 6.07) is 3.74. The summed E-state index contributed by atoms with van der Waals surface area (Å²) in [5.41, 5.74) is -1.26. The largest absolute Gasteiger partial charge is 0.465 e. The first-order chi connectivity index (χ1) is 12.1. The van der Waals surface area contributed by atoms with Crippen molar-refractivity contribution in [3.8, 4) is 0 Å². The monoisotopic (exact) mass is 403 g/mol. The normalized spacial score (nSPS) is 11.1. The summed E-state index contributed by atoms with van der Waals surface area (Å²) < 4.78 is 32.2. The minimum absolute atomic E-state index is 0.251. The molecule has 26 heavy (non-hydrogen) atoms. The van der Waals surface area contributed by atoms with Gasteiger partial charge in [0.15, 0.2) is 0 Å². The Morgan fingerprint density at radius 2 is 1.88 bits per heavy atom. The maximum absolute atomic E-state index is 12.5. The summed E-state index contributed by atoms with van der Waals surface area (Å²) in [5, 5.41) is 4.41. The molecule has 13 heteroatoms. The second-order valence-corrected chi connectivity index (χ2v) is 7.01. The molecule has 0 aliphatic carbocycles. The van der Waals surface area contributed by atoms with E-state index in [2.05, 4.69) is 9.84 Å². The van der Waals surface area contributed by atoms with Gasteiger partial charge in [0.05, 0.1) is 12.7 Å². The molecule has 0 radical (unpaired) electrons. The third-order valence-corrected chi connectivity index (χ3v) is 4.73. The number of nitrogens with zero attached hydrogens (tertiary/aromatic N) is 4. The molecule has 2 rings (SSSR count). The van der Waals surface area contributed by atoms with Gasteiger partial charge in [-0.15, -0.1) is 9.78 Å². The van der Waals surface area contributed by atoms with Crippen LogP contribution in [0.3, 0.4) is 0 Å². The summed E-state index contributed by atoms with van der Waals surface area (Å²) in [4.78, 5) is 35.5. The molecule has 1 heterocycles. The van der Waals surface area contributed by atoms with Gasteiger partial charge in [-0.1, -0.05) is 12.1 Å². The fraction of sp³-hybridized carbons (Fsp3) is 0.231. The molecule has 0 unspecified atom stereocenters. The molecular weight excluding hydrogens is 390 g/mol. The molecule has 0 bridgehead atoms. The molecule has 11 nitrogen and oxygen atoms in total. The van der Waals surface area contributed by atoms with Gasteiger partial charge in [-0.05, 0) is 23.7 Å². The third kappa shape index (κ3) is 3.55. The Kier molecular flexibility index (Phi) is 5.37. The number of rotatable bonds is 4. The van der Waals surface area contributed by atoms with Crippen LogP contribution in [0.1, 0.15) is 10.4 Å². The molecule has 140 valence electrons. The van der Waals surface area contributed by atoms with Crippen molar-refractivity contribution in [3.05, 3.63) is 45.6 Å². The van der Waals surface area contributed by atoms with Crippen molar-refractivity contribution in [3.63, 3.8) is 0 Å². The molecule has 0 fully saturated rings. The van der Waals surface area contributed by atoms with Crippen LogP contribution in [-0.2, 0) is 14.8 Å². The molecule has 0 aliphatic heterocycles. The molecule has 0 saturated carbocycles. The number of esters is 1. The Bertz CT molecular complexity index is 1030. The van der Waals surface area contributed by atoms with E-state index in [9.17, 15) is 22.8 Å².